The van der Waals surface area contributed by atoms with Gasteiger partial charge in [-0.1, -0.05) is 19.4 Å². The van der Waals surface area contributed by atoms with E-state index >= 15 is 0 Å². The van der Waals surface area contributed by atoms with Crippen molar-refractivity contribution in [1.82, 2.24) is 10.2 Å². The number of rotatable bonds is 5. The Morgan fingerprint density at radius 2 is 2.30 bits per heavy atom. The van der Waals surface area contributed by atoms with Gasteiger partial charge in [0.05, 0.1) is 0 Å². The molecule has 1 aromatic rings. The Labute approximate surface area is 149 Å². The van der Waals surface area contributed by atoms with Crippen molar-refractivity contribution in [1.29, 1.82) is 0 Å². The van der Waals surface area contributed by atoms with Crippen LogP contribution >= 0.6 is 24.0 Å². The third kappa shape index (κ3) is 4.20. The monoisotopic (exact) mass is 349 g/mol. The summed E-state index contributed by atoms with van der Waals surface area (Å²) in [5.41, 5.74) is 1.06. The maximum Gasteiger partial charge on any atom is 0.170 e. The minimum absolute atomic E-state index is 0.647. The largest absolute Gasteiger partial charge is 0.361 e. The number of thiocarbonyl (C=S) groups is 1. The first kappa shape index (κ1) is 17.1. The molecule has 4 rings (SSSR count). The van der Waals surface area contributed by atoms with E-state index < -0.39 is 0 Å². The predicted molar refractivity (Wildman–Crippen MR) is 104 cm³/mol. The third-order valence-electron chi connectivity index (χ3n) is 5.36. The predicted octanol–water partition coefficient (Wildman–Crippen LogP) is 3.82. The van der Waals surface area contributed by atoms with Gasteiger partial charge in [0, 0.05) is 29.7 Å². The van der Waals surface area contributed by atoms with Crippen LogP contribution in [0.1, 0.15) is 26.2 Å². The molecule has 3 aliphatic rings. The van der Waals surface area contributed by atoms with E-state index in [0.717, 1.165) is 29.2 Å². The number of nitrogens with one attached hydrogen (secondary N) is 2. The van der Waals surface area contributed by atoms with Crippen LogP contribution in [0.4, 0.5) is 5.69 Å². The van der Waals surface area contributed by atoms with Crippen molar-refractivity contribution in [3.63, 3.8) is 0 Å². The molecule has 0 aromatic heterocycles. The normalized spacial score (nSPS) is 29.3. The van der Waals surface area contributed by atoms with Crippen LogP contribution in [0.25, 0.3) is 0 Å². The maximum atomic E-state index is 5.47. The van der Waals surface area contributed by atoms with Gasteiger partial charge in [0.1, 0.15) is 0 Å². The van der Waals surface area contributed by atoms with Crippen molar-refractivity contribution >= 4 is 34.8 Å². The summed E-state index contributed by atoms with van der Waals surface area (Å²) in [7, 11) is 0. The number of benzene rings is 1. The molecule has 1 aromatic carbocycles. The molecule has 0 spiro atoms. The number of piperidine rings is 3. The lowest BCUT2D eigenvalue weighted by Crippen LogP contribution is -2.56. The van der Waals surface area contributed by atoms with Gasteiger partial charge in [-0.3, -0.25) is 4.90 Å². The fraction of sp³-hybridized carbons (Fsp3) is 0.611. The summed E-state index contributed by atoms with van der Waals surface area (Å²) < 4.78 is 0. The zero-order valence-electron chi connectivity index (χ0n) is 14.0. The first-order valence-electron chi connectivity index (χ1n) is 8.62. The number of fused-ring (bicyclic) bond motifs is 3. The average Bonchev–Trinajstić information content (AvgIpc) is 2.60. The molecule has 0 aliphatic carbocycles. The fourth-order valence-corrected chi connectivity index (χ4v) is 4.67. The molecule has 0 radical (unpaired) electrons. The Morgan fingerprint density at radius 3 is 3.00 bits per heavy atom. The van der Waals surface area contributed by atoms with E-state index in [0.29, 0.717) is 6.04 Å². The van der Waals surface area contributed by atoms with Crippen molar-refractivity contribution < 1.29 is 0 Å². The second-order valence-corrected chi connectivity index (χ2v) is 7.96. The summed E-state index contributed by atoms with van der Waals surface area (Å²) in [6, 6.07) is 9.02. The Hall–Kier alpha value is -0.780. The van der Waals surface area contributed by atoms with E-state index in [1.165, 1.54) is 37.2 Å². The Bertz CT molecular complexity index is 549. The molecular formula is C18H27N3S2. The fourth-order valence-electron chi connectivity index (χ4n) is 4.01. The molecule has 3 heterocycles. The highest BCUT2D eigenvalue weighted by atomic mass is 32.2. The second kappa shape index (κ2) is 7.86. The molecule has 2 bridgehead atoms. The molecule has 0 amide bonds. The van der Waals surface area contributed by atoms with Crippen molar-refractivity contribution in [2.24, 2.45) is 11.8 Å². The summed E-state index contributed by atoms with van der Waals surface area (Å²) in [5, 5.41) is 7.47. The summed E-state index contributed by atoms with van der Waals surface area (Å²) in [5.74, 6) is 1.84. The quantitative estimate of drug-likeness (QED) is 0.623. The molecule has 23 heavy (non-hydrogen) atoms. The van der Waals surface area contributed by atoms with E-state index in [9.17, 15) is 0 Å². The van der Waals surface area contributed by atoms with Gasteiger partial charge >= 0.3 is 0 Å². The smallest absolute Gasteiger partial charge is 0.170 e. The van der Waals surface area contributed by atoms with Gasteiger partial charge < -0.3 is 10.6 Å². The lowest BCUT2D eigenvalue weighted by atomic mass is 9.74. The van der Waals surface area contributed by atoms with Crippen LogP contribution in [0.5, 0.6) is 0 Å². The van der Waals surface area contributed by atoms with E-state index in [2.05, 4.69) is 53.0 Å². The highest BCUT2D eigenvalue weighted by molar-refractivity contribution is 7.98. The molecule has 2 N–H and O–H groups in total. The number of anilines is 1. The van der Waals surface area contributed by atoms with Crippen LogP contribution in [0, 0.1) is 11.8 Å². The third-order valence-corrected chi connectivity index (χ3v) is 6.34. The van der Waals surface area contributed by atoms with Crippen LogP contribution in [0.15, 0.2) is 29.2 Å². The SMILES string of the molecule is CC[C@@H]1CN2CC[C@H]1C[C@@H]2CNC(=S)Nc1cccc(SC)c1. The zero-order valence-corrected chi connectivity index (χ0v) is 15.7. The average molecular weight is 350 g/mol. The van der Waals surface area contributed by atoms with E-state index in [-0.39, 0.29) is 0 Å². The number of thioether (sulfide) groups is 1. The zero-order chi connectivity index (χ0) is 16.2. The summed E-state index contributed by atoms with van der Waals surface area (Å²) in [6.07, 6.45) is 6.13. The van der Waals surface area contributed by atoms with Gasteiger partial charge in [0.15, 0.2) is 5.11 Å². The molecule has 5 heteroatoms. The summed E-state index contributed by atoms with van der Waals surface area (Å²) >= 11 is 7.21. The maximum absolute atomic E-state index is 5.47. The first-order chi connectivity index (χ1) is 11.2. The van der Waals surface area contributed by atoms with E-state index in [1.54, 1.807) is 11.8 Å². The van der Waals surface area contributed by atoms with Gasteiger partial charge in [-0.15, -0.1) is 11.8 Å². The van der Waals surface area contributed by atoms with E-state index in [1.807, 2.05) is 0 Å². The van der Waals surface area contributed by atoms with Gasteiger partial charge in [-0.05, 0) is 67.9 Å². The minimum atomic E-state index is 0.647. The number of hydrogen-bond donors (Lipinski definition) is 2. The molecule has 0 saturated carbocycles. The van der Waals surface area contributed by atoms with Crippen LogP contribution in [-0.4, -0.2) is 41.9 Å². The van der Waals surface area contributed by atoms with Gasteiger partial charge in [-0.25, -0.2) is 0 Å². The van der Waals surface area contributed by atoms with Crippen LogP contribution in [0.2, 0.25) is 0 Å². The van der Waals surface area contributed by atoms with Gasteiger partial charge in [0.2, 0.25) is 0 Å². The molecule has 1 unspecified atom stereocenters. The Morgan fingerprint density at radius 1 is 1.43 bits per heavy atom. The molecule has 3 nitrogen and oxygen atoms in total. The molecular weight excluding hydrogens is 322 g/mol. The summed E-state index contributed by atoms with van der Waals surface area (Å²) in [6.45, 7) is 5.84. The number of nitrogens with zero attached hydrogens (tertiary/aromatic N) is 1. The van der Waals surface area contributed by atoms with E-state index in [4.69, 9.17) is 12.2 Å². The van der Waals surface area contributed by atoms with Gasteiger partial charge in [0.25, 0.3) is 0 Å². The number of hydrogen-bond acceptors (Lipinski definition) is 3. The molecule has 126 valence electrons. The van der Waals surface area contributed by atoms with Crippen molar-refractivity contribution in [2.75, 3.05) is 31.2 Å². The molecule has 4 atom stereocenters. The highest BCUT2D eigenvalue weighted by Gasteiger charge is 2.38. The van der Waals surface area contributed by atoms with Gasteiger partial charge in [-0.2, -0.15) is 0 Å². The lowest BCUT2D eigenvalue weighted by molar-refractivity contribution is 0.00212. The lowest BCUT2D eigenvalue weighted by Gasteiger charge is -2.50. The van der Waals surface area contributed by atoms with Crippen LogP contribution in [0.3, 0.4) is 0 Å². The van der Waals surface area contributed by atoms with Crippen molar-refractivity contribution in [3.8, 4) is 0 Å². The van der Waals surface area contributed by atoms with Crippen LogP contribution < -0.4 is 10.6 Å². The van der Waals surface area contributed by atoms with Crippen LogP contribution in [-0.2, 0) is 0 Å². The highest BCUT2D eigenvalue weighted by Crippen LogP contribution is 2.37. The summed E-state index contributed by atoms with van der Waals surface area (Å²) in [4.78, 5) is 3.91. The van der Waals surface area contributed by atoms with Crippen molar-refractivity contribution in [2.45, 2.75) is 37.1 Å². The Balaban J connectivity index is 1.48. The second-order valence-electron chi connectivity index (χ2n) is 6.67. The topological polar surface area (TPSA) is 27.3 Å². The van der Waals surface area contributed by atoms with Crippen molar-refractivity contribution in [3.05, 3.63) is 24.3 Å². The Kier molecular flexibility index (Phi) is 5.83. The minimum Gasteiger partial charge on any atom is -0.361 e. The standard InChI is InChI=1S/C18H27N3S2/c1-3-13-12-21-8-7-14(13)9-16(21)11-19-18(22)20-15-5-4-6-17(10-15)23-2/h4-6,10,13-14,16H,3,7-9,11-12H2,1-2H3,(H2,19,20,22)/t13-,14+,16-/m1/s1. The molecule has 3 fully saturated rings. The molecule has 3 aliphatic heterocycles. The first-order valence-corrected chi connectivity index (χ1v) is 10.3. The molecule has 3 saturated heterocycles.